The summed E-state index contributed by atoms with van der Waals surface area (Å²) in [6, 6.07) is 35.7. The van der Waals surface area contributed by atoms with Crippen LogP contribution in [0.25, 0.3) is 0 Å². The van der Waals surface area contributed by atoms with E-state index in [0.29, 0.717) is 38.8 Å². The Morgan fingerprint density at radius 2 is 0.621 bits per heavy atom. The molecule has 0 saturated heterocycles. The smallest absolute Gasteiger partial charge is 0.242 e. The summed E-state index contributed by atoms with van der Waals surface area (Å²) in [5.74, 6) is -1.06. The van der Waals surface area contributed by atoms with Crippen molar-refractivity contribution in [3.8, 4) is 0 Å². The van der Waals surface area contributed by atoms with Crippen LogP contribution in [0.3, 0.4) is 0 Å². The largest absolute Gasteiger partial charge is 0.354 e. The Kier molecular flexibility index (Phi) is 20.8. The van der Waals surface area contributed by atoms with E-state index in [1.807, 2.05) is 121 Å². The van der Waals surface area contributed by atoms with Crippen LogP contribution in [0, 0.1) is 0 Å². The molecule has 0 aliphatic carbocycles. The van der Waals surface area contributed by atoms with Gasteiger partial charge in [0, 0.05) is 25.9 Å². The van der Waals surface area contributed by atoms with Crippen molar-refractivity contribution in [2.24, 2.45) is 11.5 Å². The maximum Gasteiger partial charge on any atom is 0.242 e. The van der Waals surface area contributed by atoms with Crippen molar-refractivity contribution >= 4 is 23.6 Å². The Morgan fingerprint density at radius 1 is 0.362 bits per heavy atom. The van der Waals surface area contributed by atoms with Crippen molar-refractivity contribution in [1.29, 1.82) is 0 Å². The number of carbonyl (C=O) groups excluding carboxylic acids is 4. The van der Waals surface area contributed by atoms with Gasteiger partial charge in [0.05, 0.1) is 12.1 Å². The molecule has 4 amide bonds. The van der Waals surface area contributed by atoms with Gasteiger partial charge in [-0.2, -0.15) is 0 Å². The zero-order valence-corrected chi connectivity index (χ0v) is 34.0. The van der Waals surface area contributed by atoms with Crippen molar-refractivity contribution in [2.75, 3.05) is 13.1 Å². The quantitative estimate of drug-likeness (QED) is 0.0423. The molecular weight excluding hydrogens is 725 g/mol. The first-order valence-electron chi connectivity index (χ1n) is 21.1. The van der Waals surface area contributed by atoms with Gasteiger partial charge in [-0.3, -0.25) is 19.2 Å². The van der Waals surface area contributed by atoms with Crippen molar-refractivity contribution in [2.45, 2.75) is 114 Å². The molecule has 0 spiro atoms. The first-order chi connectivity index (χ1) is 28.3. The van der Waals surface area contributed by atoms with Crippen LogP contribution in [0.4, 0.5) is 0 Å². The van der Waals surface area contributed by atoms with Crippen LogP contribution in [0.5, 0.6) is 0 Å². The lowest BCUT2D eigenvalue weighted by Crippen LogP contribution is -2.53. The number of benzene rings is 4. The summed E-state index contributed by atoms with van der Waals surface area (Å²) in [7, 11) is 0. The molecule has 310 valence electrons. The van der Waals surface area contributed by atoms with Crippen molar-refractivity contribution in [3.05, 3.63) is 144 Å². The fourth-order valence-electron chi connectivity index (χ4n) is 6.93. The van der Waals surface area contributed by atoms with Gasteiger partial charge in [-0.1, -0.05) is 173 Å². The lowest BCUT2D eigenvalue weighted by molar-refractivity contribution is -0.129. The van der Waals surface area contributed by atoms with Crippen molar-refractivity contribution in [1.82, 2.24) is 21.3 Å². The number of hydrogen-bond acceptors (Lipinski definition) is 6. The summed E-state index contributed by atoms with van der Waals surface area (Å²) < 4.78 is 0. The molecule has 10 nitrogen and oxygen atoms in total. The predicted molar refractivity (Wildman–Crippen MR) is 233 cm³/mol. The summed E-state index contributed by atoms with van der Waals surface area (Å²) >= 11 is 0. The van der Waals surface area contributed by atoms with E-state index in [9.17, 15) is 19.2 Å². The molecule has 0 fully saturated rings. The lowest BCUT2D eigenvalue weighted by atomic mass is 10.0. The highest BCUT2D eigenvalue weighted by molar-refractivity contribution is 5.90. The van der Waals surface area contributed by atoms with Crippen molar-refractivity contribution < 1.29 is 19.2 Å². The number of unbranched alkanes of at least 4 members (excludes halogenated alkanes) is 9. The average Bonchev–Trinajstić information content (AvgIpc) is 3.24. The number of amides is 4. The molecule has 0 aliphatic heterocycles. The van der Waals surface area contributed by atoms with Gasteiger partial charge >= 0.3 is 0 Å². The highest BCUT2D eigenvalue weighted by Gasteiger charge is 2.25. The van der Waals surface area contributed by atoms with E-state index in [-0.39, 0.29) is 23.6 Å². The van der Waals surface area contributed by atoms with Gasteiger partial charge in [0.1, 0.15) is 12.1 Å². The fourth-order valence-corrected chi connectivity index (χ4v) is 6.93. The SMILES string of the molecule is N[C@@H](Cc1ccccc1)C(=O)N[C@@H](Cc1ccccc1)C(=O)NCCCCCCCCCCCCNC(=O)[C@H](Cc1ccccc1)NC(=O)[C@@H](N)Cc1ccccc1. The summed E-state index contributed by atoms with van der Waals surface area (Å²) in [6.07, 6.45) is 12.3. The van der Waals surface area contributed by atoms with E-state index in [1.54, 1.807) is 0 Å². The standard InChI is InChI=1S/C48H64N6O4/c49-41(33-37-23-13-9-14-24-37)45(55)53-43(35-39-27-17-11-18-28-39)47(57)51-31-21-7-5-3-1-2-4-6-8-22-32-52-48(58)44(36-40-29-19-12-20-30-40)54-46(56)42(50)34-38-25-15-10-16-26-38/h9-20,23-30,41-44H,1-8,21-22,31-36,49-50H2,(H,51,57)(H,52,58)(H,53,55)(H,54,56)/t41-,42-,43-,44-/m0/s1. The third kappa shape index (κ3) is 17.9. The molecule has 0 aliphatic rings. The molecule has 58 heavy (non-hydrogen) atoms. The van der Waals surface area contributed by atoms with E-state index in [0.717, 1.165) is 73.6 Å². The van der Waals surface area contributed by atoms with Crippen LogP contribution in [0.2, 0.25) is 0 Å². The molecule has 0 bridgehead atoms. The zero-order chi connectivity index (χ0) is 41.2. The van der Waals surface area contributed by atoms with Crippen LogP contribution >= 0.6 is 0 Å². The predicted octanol–water partition coefficient (Wildman–Crippen LogP) is 5.71. The lowest BCUT2D eigenvalue weighted by Gasteiger charge is -2.21. The minimum absolute atomic E-state index is 0.193. The topological polar surface area (TPSA) is 168 Å². The maximum atomic E-state index is 13.2. The van der Waals surface area contributed by atoms with Gasteiger partial charge in [0.15, 0.2) is 0 Å². The normalized spacial score (nSPS) is 13.1. The first kappa shape index (κ1) is 45.4. The fraction of sp³-hybridized carbons (Fsp3) is 0.417. The molecule has 0 heterocycles. The number of rotatable bonds is 27. The van der Waals surface area contributed by atoms with E-state index in [4.69, 9.17) is 11.5 Å². The molecule has 10 heteroatoms. The Bertz CT molecular complexity index is 1630. The summed E-state index contributed by atoms with van der Waals surface area (Å²) in [5, 5.41) is 11.9. The van der Waals surface area contributed by atoms with E-state index in [2.05, 4.69) is 21.3 Å². The number of carbonyl (C=O) groups is 4. The molecule has 4 aromatic rings. The Labute approximate surface area is 345 Å². The van der Waals surface area contributed by atoms with E-state index in [1.165, 1.54) is 12.8 Å². The molecule has 0 radical (unpaired) electrons. The van der Waals surface area contributed by atoms with Gasteiger partial charge < -0.3 is 32.7 Å². The van der Waals surface area contributed by atoms with Crippen LogP contribution in [0.1, 0.15) is 86.5 Å². The van der Waals surface area contributed by atoms with Crippen LogP contribution < -0.4 is 32.7 Å². The molecule has 8 N–H and O–H groups in total. The van der Waals surface area contributed by atoms with Crippen LogP contribution in [-0.4, -0.2) is 60.9 Å². The van der Waals surface area contributed by atoms with Gasteiger partial charge in [0.25, 0.3) is 0 Å². The molecule has 4 rings (SSSR count). The number of nitrogens with two attached hydrogens (primary N) is 2. The molecular formula is C48H64N6O4. The summed E-state index contributed by atoms with van der Waals surface area (Å²) in [6.45, 7) is 1.13. The number of hydrogen-bond donors (Lipinski definition) is 6. The van der Waals surface area contributed by atoms with E-state index < -0.39 is 24.2 Å². The van der Waals surface area contributed by atoms with Gasteiger partial charge in [-0.25, -0.2) is 0 Å². The van der Waals surface area contributed by atoms with Crippen LogP contribution in [-0.2, 0) is 44.9 Å². The Morgan fingerprint density at radius 3 is 0.914 bits per heavy atom. The minimum atomic E-state index is -0.747. The number of nitrogens with one attached hydrogen (secondary N) is 4. The molecule has 0 saturated carbocycles. The third-order valence-electron chi connectivity index (χ3n) is 10.3. The second kappa shape index (κ2) is 26.6. The maximum absolute atomic E-state index is 13.2. The Balaban J connectivity index is 1.05. The van der Waals surface area contributed by atoms with Gasteiger partial charge in [0.2, 0.25) is 23.6 Å². The minimum Gasteiger partial charge on any atom is -0.354 e. The monoisotopic (exact) mass is 788 g/mol. The molecule has 0 aromatic heterocycles. The van der Waals surface area contributed by atoms with E-state index >= 15 is 0 Å². The van der Waals surface area contributed by atoms with Crippen LogP contribution in [0.15, 0.2) is 121 Å². The molecule has 4 aromatic carbocycles. The highest BCUT2D eigenvalue weighted by Crippen LogP contribution is 2.12. The molecule has 0 unspecified atom stereocenters. The Hall–Kier alpha value is -5.32. The first-order valence-corrected chi connectivity index (χ1v) is 21.1. The highest BCUT2D eigenvalue weighted by atomic mass is 16.2. The summed E-state index contributed by atoms with van der Waals surface area (Å²) in [4.78, 5) is 52.4. The summed E-state index contributed by atoms with van der Waals surface area (Å²) in [5.41, 5.74) is 16.3. The van der Waals surface area contributed by atoms with Gasteiger partial charge in [-0.05, 0) is 47.9 Å². The molecule has 4 atom stereocenters. The average molecular weight is 789 g/mol. The second-order valence-corrected chi connectivity index (χ2v) is 15.2. The van der Waals surface area contributed by atoms with Crippen molar-refractivity contribution in [3.63, 3.8) is 0 Å². The second-order valence-electron chi connectivity index (χ2n) is 15.2. The zero-order valence-electron chi connectivity index (χ0n) is 34.0. The third-order valence-corrected chi connectivity index (χ3v) is 10.3. The van der Waals surface area contributed by atoms with Gasteiger partial charge in [-0.15, -0.1) is 0 Å².